The molecular formula is C8H17N5O2. The summed E-state index contributed by atoms with van der Waals surface area (Å²) in [5, 5.41) is 2.34. The fourth-order valence-corrected chi connectivity index (χ4v) is 0.983. The van der Waals surface area contributed by atoms with Crippen LogP contribution in [0.5, 0.6) is 0 Å². The third-order valence-corrected chi connectivity index (χ3v) is 1.62. The molecule has 15 heavy (non-hydrogen) atoms. The van der Waals surface area contributed by atoms with Gasteiger partial charge in [-0.1, -0.05) is 0 Å². The maximum atomic E-state index is 10.9. The summed E-state index contributed by atoms with van der Waals surface area (Å²) in [5.41, 5.74) is 15.3. The SMILES string of the molecule is [2H]CC(=O)N[C@@H](CCCN=C(N)N)C(N)=O. The molecule has 7 heteroatoms. The first-order valence-corrected chi connectivity index (χ1v) is 4.40. The van der Waals surface area contributed by atoms with E-state index >= 15 is 0 Å². The molecule has 0 aliphatic rings. The van der Waals surface area contributed by atoms with E-state index < -0.39 is 24.8 Å². The van der Waals surface area contributed by atoms with Gasteiger partial charge in [-0.05, 0) is 12.8 Å². The van der Waals surface area contributed by atoms with Gasteiger partial charge in [0.15, 0.2) is 5.96 Å². The van der Waals surface area contributed by atoms with Crippen LogP contribution in [-0.2, 0) is 9.59 Å². The predicted molar refractivity (Wildman–Crippen MR) is 56.7 cm³/mol. The standard InChI is InChI=1S/C8H17N5O2/c1-5(14)13-6(7(9)15)3-2-4-12-8(10)11/h6H,2-4H2,1H3,(H2,9,15)(H,13,14)(H4,10,11,12)/t6-/m0/s1/i1D. The van der Waals surface area contributed by atoms with E-state index in [-0.39, 0.29) is 5.96 Å². The van der Waals surface area contributed by atoms with Crippen LogP contribution in [0.2, 0.25) is 0 Å². The van der Waals surface area contributed by atoms with E-state index in [1.54, 1.807) is 0 Å². The Balaban J connectivity index is 4.00. The molecule has 7 N–H and O–H groups in total. The van der Waals surface area contributed by atoms with Crippen molar-refractivity contribution in [2.45, 2.75) is 25.8 Å². The molecule has 2 amide bonds. The van der Waals surface area contributed by atoms with Gasteiger partial charge in [-0.3, -0.25) is 14.6 Å². The summed E-state index contributed by atoms with van der Waals surface area (Å²) in [4.78, 5) is 25.6. The number of nitrogens with zero attached hydrogens (tertiary/aromatic N) is 1. The first-order valence-electron chi connectivity index (χ1n) is 5.11. The van der Waals surface area contributed by atoms with Gasteiger partial charge in [0.05, 0.1) is 0 Å². The van der Waals surface area contributed by atoms with Crippen LogP contribution < -0.4 is 22.5 Å². The van der Waals surface area contributed by atoms with Crippen LogP contribution in [-0.4, -0.2) is 30.4 Å². The Morgan fingerprint density at radius 3 is 2.60 bits per heavy atom. The average Bonchev–Trinajstić information content (AvgIpc) is 2.21. The predicted octanol–water partition coefficient (Wildman–Crippen LogP) is -1.97. The number of nitrogens with two attached hydrogens (primary N) is 3. The zero-order valence-electron chi connectivity index (χ0n) is 9.40. The fourth-order valence-electron chi connectivity index (χ4n) is 0.983. The molecular weight excluding hydrogens is 198 g/mol. The number of guanidine groups is 1. The van der Waals surface area contributed by atoms with Crippen molar-refractivity contribution in [1.29, 1.82) is 0 Å². The molecule has 0 spiro atoms. The molecule has 0 fully saturated rings. The normalized spacial score (nSPS) is 12.4. The minimum atomic E-state index is -0.771. The van der Waals surface area contributed by atoms with E-state index in [1.165, 1.54) is 0 Å². The molecule has 0 aliphatic carbocycles. The summed E-state index contributed by atoms with van der Waals surface area (Å²) < 4.78 is 6.79. The van der Waals surface area contributed by atoms with Crippen LogP contribution in [0.25, 0.3) is 0 Å². The Hall–Kier alpha value is -1.79. The molecule has 0 saturated heterocycles. The molecule has 0 heterocycles. The Labute approximate surface area is 89.5 Å². The number of amides is 2. The van der Waals surface area contributed by atoms with Crippen molar-refractivity contribution < 1.29 is 11.0 Å². The minimum absolute atomic E-state index is 0.0224. The van der Waals surface area contributed by atoms with Gasteiger partial charge in [-0.25, -0.2) is 0 Å². The first kappa shape index (κ1) is 11.3. The molecule has 0 rings (SSSR count). The highest BCUT2D eigenvalue weighted by atomic mass is 16.2. The topological polar surface area (TPSA) is 137 Å². The van der Waals surface area contributed by atoms with Gasteiger partial charge in [0, 0.05) is 14.8 Å². The van der Waals surface area contributed by atoms with E-state index in [2.05, 4.69) is 10.3 Å². The lowest BCUT2D eigenvalue weighted by molar-refractivity contribution is -0.126. The van der Waals surface area contributed by atoms with Crippen molar-refractivity contribution in [1.82, 2.24) is 5.32 Å². The number of carbonyl (C=O) groups is 2. The van der Waals surface area contributed by atoms with Crippen molar-refractivity contribution in [3.05, 3.63) is 0 Å². The molecule has 0 aromatic carbocycles. The minimum Gasteiger partial charge on any atom is -0.370 e. The molecule has 0 aliphatic heterocycles. The lowest BCUT2D eigenvalue weighted by Gasteiger charge is -2.12. The summed E-state index contributed by atoms with van der Waals surface area (Å²) in [5.74, 6) is -1.19. The molecule has 0 bridgehead atoms. The van der Waals surface area contributed by atoms with Crippen LogP contribution in [0.4, 0.5) is 0 Å². The van der Waals surface area contributed by atoms with Crippen molar-refractivity contribution in [2.24, 2.45) is 22.2 Å². The average molecular weight is 216 g/mol. The highest BCUT2D eigenvalue weighted by Gasteiger charge is 2.14. The summed E-state index contributed by atoms with van der Waals surface area (Å²) in [6.45, 7) is -0.0689. The number of aliphatic imine (C=N–C) groups is 1. The highest BCUT2D eigenvalue weighted by Crippen LogP contribution is 1.97. The Bertz CT molecular complexity index is 278. The lowest BCUT2D eigenvalue weighted by atomic mass is 10.1. The van der Waals surface area contributed by atoms with Crippen LogP contribution in [0.1, 0.15) is 21.1 Å². The maximum absolute atomic E-state index is 10.9. The van der Waals surface area contributed by atoms with E-state index in [1.807, 2.05) is 0 Å². The van der Waals surface area contributed by atoms with Crippen LogP contribution >= 0.6 is 0 Å². The van der Waals surface area contributed by atoms with Crippen molar-refractivity contribution >= 4 is 17.8 Å². The highest BCUT2D eigenvalue weighted by molar-refractivity contribution is 5.85. The van der Waals surface area contributed by atoms with Crippen LogP contribution in [0, 0.1) is 0 Å². The fraction of sp³-hybridized carbons (Fsp3) is 0.625. The van der Waals surface area contributed by atoms with E-state index in [4.69, 9.17) is 18.6 Å². The zero-order valence-corrected chi connectivity index (χ0v) is 8.40. The monoisotopic (exact) mass is 216 g/mol. The molecule has 0 aromatic rings. The van der Waals surface area contributed by atoms with Gasteiger partial charge in [0.25, 0.3) is 0 Å². The number of rotatable bonds is 6. The van der Waals surface area contributed by atoms with Crippen LogP contribution in [0.3, 0.4) is 0 Å². The van der Waals surface area contributed by atoms with E-state index in [0.717, 1.165) is 0 Å². The van der Waals surface area contributed by atoms with E-state index in [0.29, 0.717) is 19.4 Å². The summed E-state index contributed by atoms with van der Waals surface area (Å²) in [6.07, 6.45) is 0.863. The number of hydrogen-bond donors (Lipinski definition) is 4. The summed E-state index contributed by atoms with van der Waals surface area (Å²) in [6, 6.07) is -0.771. The van der Waals surface area contributed by atoms with Crippen LogP contribution in [0.15, 0.2) is 4.99 Å². The van der Waals surface area contributed by atoms with Gasteiger partial charge in [-0.15, -0.1) is 0 Å². The second kappa shape index (κ2) is 6.63. The molecule has 0 aromatic heterocycles. The molecule has 0 radical (unpaired) electrons. The summed E-state index contributed by atoms with van der Waals surface area (Å²) >= 11 is 0. The van der Waals surface area contributed by atoms with Crippen molar-refractivity contribution in [2.75, 3.05) is 6.54 Å². The van der Waals surface area contributed by atoms with Crippen molar-refractivity contribution in [3.8, 4) is 0 Å². The second-order valence-corrected chi connectivity index (χ2v) is 2.97. The lowest BCUT2D eigenvalue weighted by Crippen LogP contribution is -2.43. The second-order valence-electron chi connectivity index (χ2n) is 2.97. The zero-order chi connectivity index (χ0) is 12.6. The first-order chi connectivity index (χ1) is 7.47. The molecule has 0 unspecified atom stereocenters. The Kier molecular flexibility index (Phi) is 4.99. The number of nitrogens with one attached hydrogen (secondary N) is 1. The molecule has 7 nitrogen and oxygen atoms in total. The number of hydrogen-bond acceptors (Lipinski definition) is 3. The van der Waals surface area contributed by atoms with Gasteiger partial charge < -0.3 is 22.5 Å². The Morgan fingerprint density at radius 1 is 1.47 bits per heavy atom. The number of primary amides is 1. The van der Waals surface area contributed by atoms with Gasteiger partial charge >= 0.3 is 0 Å². The van der Waals surface area contributed by atoms with Crippen molar-refractivity contribution in [3.63, 3.8) is 0 Å². The van der Waals surface area contributed by atoms with Gasteiger partial charge in [0.1, 0.15) is 6.04 Å². The number of carbonyl (C=O) groups excluding carboxylic acids is 2. The Morgan fingerprint density at radius 2 is 2.13 bits per heavy atom. The maximum Gasteiger partial charge on any atom is 0.240 e. The molecule has 86 valence electrons. The van der Waals surface area contributed by atoms with E-state index in [9.17, 15) is 9.59 Å². The summed E-state index contributed by atoms with van der Waals surface area (Å²) in [7, 11) is 0. The van der Waals surface area contributed by atoms with Gasteiger partial charge in [0.2, 0.25) is 11.8 Å². The van der Waals surface area contributed by atoms with Gasteiger partial charge in [-0.2, -0.15) is 0 Å². The third-order valence-electron chi connectivity index (χ3n) is 1.62. The quantitative estimate of drug-likeness (QED) is 0.232. The molecule has 1 atom stereocenters. The molecule has 0 saturated carbocycles. The third kappa shape index (κ3) is 7.29. The smallest absolute Gasteiger partial charge is 0.240 e. The largest absolute Gasteiger partial charge is 0.370 e.